The van der Waals surface area contributed by atoms with Crippen LogP contribution >= 0.6 is 11.3 Å². The summed E-state index contributed by atoms with van der Waals surface area (Å²) >= 11 is -0.0356. The zero-order chi connectivity index (χ0) is 20.9. The van der Waals surface area contributed by atoms with Gasteiger partial charge in [-0.25, -0.2) is 4.79 Å². The molecule has 0 aliphatic rings. The molecule has 0 unspecified atom stereocenters. The minimum absolute atomic E-state index is 0.0356. The lowest BCUT2D eigenvalue weighted by Gasteiger charge is -2.09. The summed E-state index contributed by atoms with van der Waals surface area (Å²) in [5.74, 6) is -2.38. The van der Waals surface area contributed by atoms with E-state index in [2.05, 4.69) is 14.6 Å². The summed E-state index contributed by atoms with van der Waals surface area (Å²) < 4.78 is 80.3. The summed E-state index contributed by atoms with van der Waals surface area (Å²) in [6.45, 7) is 0. The van der Waals surface area contributed by atoms with Gasteiger partial charge in [0.15, 0.2) is 5.56 Å². The van der Waals surface area contributed by atoms with Crippen LogP contribution in [0.5, 0.6) is 5.75 Å². The number of carbonyl (C=O) groups excluding carboxylic acids is 1. The molecule has 148 valence electrons. The van der Waals surface area contributed by atoms with Gasteiger partial charge in [0.1, 0.15) is 11.3 Å². The van der Waals surface area contributed by atoms with Crippen molar-refractivity contribution in [2.45, 2.75) is 12.4 Å². The number of aromatic nitrogens is 2. The van der Waals surface area contributed by atoms with Gasteiger partial charge in [-0.15, -0.1) is 10.2 Å². The van der Waals surface area contributed by atoms with Gasteiger partial charge in [0, 0.05) is 0 Å². The second-order valence-corrected chi connectivity index (χ2v) is 6.16. The van der Waals surface area contributed by atoms with Gasteiger partial charge in [0.2, 0.25) is 10.1 Å². The maximum absolute atomic E-state index is 12.7. The van der Waals surface area contributed by atoms with E-state index in [1.165, 1.54) is 0 Å². The fourth-order valence-corrected chi connectivity index (χ4v) is 2.72. The van der Waals surface area contributed by atoms with E-state index >= 15 is 0 Å². The third-order valence-electron chi connectivity index (χ3n) is 3.32. The number of anilines is 1. The Bertz CT molecular complexity index is 1130. The Kier molecular flexibility index (Phi) is 4.53. The number of aromatic hydroxyl groups is 1. The second kappa shape index (κ2) is 6.47. The van der Waals surface area contributed by atoms with Crippen LogP contribution in [0.15, 0.2) is 27.4 Å². The minimum Gasteiger partial charge on any atom is -0.506 e. The molecule has 2 aromatic heterocycles. The van der Waals surface area contributed by atoms with Gasteiger partial charge >= 0.3 is 18.0 Å². The van der Waals surface area contributed by atoms with Crippen LogP contribution in [0.25, 0.3) is 11.0 Å². The molecule has 0 atom stereocenters. The fraction of sp³-hybridized carbons (Fsp3) is 0.143. The van der Waals surface area contributed by atoms with E-state index < -0.39 is 56.5 Å². The summed E-state index contributed by atoms with van der Waals surface area (Å²) in [5, 5.41) is 15.5. The van der Waals surface area contributed by atoms with E-state index in [4.69, 9.17) is 0 Å². The highest BCUT2D eigenvalue weighted by atomic mass is 32.1. The summed E-state index contributed by atoms with van der Waals surface area (Å²) in [4.78, 5) is 24.1. The van der Waals surface area contributed by atoms with Crippen molar-refractivity contribution in [1.82, 2.24) is 10.2 Å². The first-order chi connectivity index (χ1) is 12.9. The van der Waals surface area contributed by atoms with Crippen LogP contribution in [-0.2, 0) is 12.4 Å². The van der Waals surface area contributed by atoms with Crippen molar-refractivity contribution >= 4 is 33.3 Å². The molecule has 3 rings (SSSR count). The van der Waals surface area contributed by atoms with Crippen LogP contribution in [0.1, 0.15) is 20.9 Å². The van der Waals surface area contributed by atoms with Crippen molar-refractivity contribution in [3.8, 4) is 5.75 Å². The number of hydrogen-bond donors (Lipinski definition) is 2. The van der Waals surface area contributed by atoms with Gasteiger partial charge in [-0.3, -0.25) is 10.1 Å². The second-order valence-electron chi connectivity index (χ2n) is 5.19. The van der Waals surface area contributed by atoms with E-state index in [1.807, 2.05) is 5.32 Å². The Morgan fingerprint density at radius 3 is 2.36 bits per heavy atom. The predicted octanol–water partition coefficient (Wildman–Crippen LogP) is 3.64. The van der Waals surface area contributed by atoms with Gasteiger partial charge < -0.3 is 9.52 Å². The van der Waals surface area contributed by atoms with Crippen molar-refractivity contribution in [3.05, 3.63) is 44.8 Å². The molecule has 1 amide bonds. The fourth-order valence-electron chi connectivity index (χ4n) is 2.11. The molecule has 0 radical (unpaired) electrons. The molecule has 28 heavy (non-hydrogen) atoms. The number of amides is 1. The lowest BCUT2D eigenvalue weighted by Crippen LogP contribution is -2.21. The molecule has 1 aromatic carbocycles. The number of halogens is 6. The van der Waals surface area contributed by atoms with Crippen molar-refractivity contribution in [3.63, 3.8) is 0 Å². The number of benzene rings is 1. The number of carbonyl (C=O) groups is 1. The highest BCUT2D eigenvalue weighted by Crippen LogP contribution is 2.35. The number of hydrogen-bond acceptors (Lipinski definition) is 7. The normalized spacial score (nSPS) is 12.4. The third-order valence-corrected chi connectivity index (χ3v) is 4.21. The van der Waals surface area contributed by atoms with Crippen LogP contribution < -0.4 is 10.9 Å². The number of rotatable bonds is 2. The molecule has 0 spiro atoms. The summed E-state index contributed by atoms with van der Waals surface area (Å²) in [6.07, 6.45) is -9.55. The minimum atomic E-state index is -4.80. The van der Waals surface area contributed by atoms with Crippen molar-refractivity contribution in [2.24, 2.45) is 0 Å². The van der Waals surface area contributed by atoms with Gasteiger partial charge in [0.05, 0.1) is 10.9 Å². The quantitative estimate of drug-likeness (QED) is 0.480. The topological polar surface area (TPSA) is 105 Å². The Hall–Kier alpha value is -3.16. The maximum atomic E-state index is 12.7. The Morgan fingerprint density at radius 2 is 1.79 bits per heavy atom. The van der Waals surface area contributed by atoms with Crippen LogP contribution in [-0.4, -0.2) is 21.2 Å². The summed E-state index contributed by atoms with van der Waals surface area (Å²) in [5.41, 5.74) is -4.31. The smallest absolute Gasteiger partial charge is 0.445 e. The molecule has 0 saturated heterocycles. The Balaban J connectivity index is 2.00. The first-order valence-corrected chi connectivity index (χ1v) is 7.78. The molecule has 7 nitrogen and oxygen atoms in total. The molecular weight excluding hydrogens is 420 g/mol. The monoisotopic (exact) mass is 425 g/mol. The van der Waals surface area contributed by atoms with Crippen molar-refractivity contribution in [1.29, 1.82) is 0 Å². The molecule has 0 fully saturated rings. The van der Waals surface area contributed by atoms with Gasteiger partial charge in [-0.2, -0.15) is 26.3 Å². The molecule has 0 aliphatic heterocycles. The Labute approximate surface area is 153 Å². The zero-order valence-corrected chi connectivity index (χ0v) is 13.8. The third kappa shape index (κ3) is 3.62. The molecule has 2 heterocycles. The highest BCUT2D eigenvalue weighted by molar-refractivity contribution is 7.15. The number of nitrogens with zero attached hydrogens (tertiary/aromatic N) is 2. The standard InChI is InChI=1S/C14H5F6N3O4S/c15-13(16,17)4-1-2-5-6(3-4)27-10(26)7(8(5)24)9(25)21-12-23-22-11(28-12)14(18,19)20/h1-3,24H,(H,21,23,25). The van der Waals surface area contributed by atoms with Crippen molar-refractivity contribution < 1.29 is 40.7 Å². The first kappa shape index (κ1) is 19.6. The van der Waals surface area contributed by atoms with Crippen molar-refractivity contribution in [2.75, 3.05) is 5.32 Å². The summed E-state index contributed by atoms with van der Waals surface area (Å²) in [7, 11) is 0. The molecule has 0 saturated carbocycles. The SMILES string of the molecule is O=C(Nc1nnc(C(F)(F)F)s1)c1c(O)c2ccc(C(F)(F)F)cc2oc1=O. The average molecular weight is 425 g/mol. The number of alkyl halides is 6. The number of nitrogens with one attached hydrogen (secondary N) is 1. The maximum Gasteiger partial charge on any atom is 0.445 e. The van der Waals surface area contributed by atoms with E-state index in [9.17, 15) is 41.0 Å². The largest absolute Gasteiger partial charge is 0.506 e. The van der Waals surface area contributed by atoms with Crippen LogP contribution in [0.3, 0.4) is 0 Å². The zero-order valence-electron chi connectivity index (χ0n) is 13.0. The molecular formula is C14H5F6N3O4S. The molecule has 14 heteroatoms. The van der Waals surface area contributed by atoms with E-state index in [0.717, 1.165) is 6.07 Å². The highest BCUT2D eigenvalue weighted by Gasteiger charge is 2.36. The van der Waals surface area contributed by atoms with Crippen LogP contribution in [0.4, 0.5) is 31.5 Å². The van der Waals surface area contributed by atoms with E-state index in [0.29, 0.717) is 12.1 Å². The molecule has 0 aliphatic carbocycles. The van der Waals surface area contributed by atoms with E-state index in [1.54, 1.807) is 0 Å². The van der Waals surface area contributed by atoms with Gasteiger partial charge in [-0.05, 0) is 18.2 Å². The van der Waals surface area contributed by atoms with Gasteiger partial charge in [-0.1, -0.05) is 11.3 Å². The van der Waals surface area contributed by atoms with Crippen LogP contribution in [0.2, 0.25) is 0 Å². The molecule has 2 N–H and O–H groups in total. The Morgan fingerprint density at radius 1 is 1.11 bits per heavy atom. The predicted molar refractivity (Wildman–Crippen MR) is 82.0 cm³/mol. The molecule has 0 bridgehead atoms. The number of fused-ring (bicyclic) bond motifs is 1. The first-order valence-electron chi connectivity index (χ1n) is 6.97. The van der Waals surface area contributed by atoms with Gasteiger partial charge in [0.25, 0.3) is 5.91 Å². The average Bonchev–Trinajstić information content (AvgIpc) is 3.02. The lowest BCUT2D eigenvalue weighted by atomic mass is 10.1. The lowest BCUT2D eigenvalue weighted by molar-refractivity contribution is -0.138. The molecule has 3 aromatic rings. The van der Waals surface area contributed by atoms with Crippen LogP contribution in [0, 0.1) is 0 Å². The van der Waals surface area contributed by atoms with E-state index in [-0.39, 0.29) is 16.7 Å². The summed E-state index contributed by atoms with van der Waals surface area (Å²) in [6, 6.07) is 1.82.